The fourth-order valence-electron chi connectivity index (χ4n) is 1.79. The molecule has 0 amide bonds. The van der Waals surface area contributed by atoms with Gasteiger partial charge in [-0.05, 0) is 17.7 Å². The van der Waals surface area contributed by atoms with Crippen LogP contribution < -0.4 is 9.44 Å². The van der Waals surface area contributed by atoms with Crippen molar-refractivity contribution in [3.63, 3.8) is 0 Å². The quantitative estimate of drug-likeness (QED) is 0.732. The number of sulfonamides is 1. The van der Waals surface area contributed by atoms with Gasteiger partial charge in [-0.2, -0.15) is 17.4 Å². The van der Waals surface area contributed by atoms with Crippen LogP contribution in [0, 0.1) is 0 Å². The Morgan fingerprint density at radius 1 is 1.10 bits per heavy atom. The minimum Gasteiger partial charge on any atom is -0.284 e. The highest BCUT2D eigenvalue weighted by Crippen LogP contribution is 2.12. The number of anilines is 1. The first kappa shape index (κ1) is 17.9. The van der Waals surface area contributed by atoms with Crippen molar-refractivity contribution in [1.29, 1.82) is 0 Å². The second-order valence-electron chi connectivity index (χ2n) is 4.49. The van der Waals surface area contributed by atoms with Crippen LogP contribution in [0.4, 0.5) is 5.69 Å². The van der Waals surface area contributed by atoms with E-state index in [2.05, 4.69) is 9.44 Å². The molecule has 1 rings (SSSR count). The van der Waals surface area contributed by atoms with E-state index in [0.717, 1.165) is 6.26 Å². The molecule has 2 N–H and O–H groups in total. The van der Waals surface area contributed by atoms with Gasteiger partial charge in [0, 0.05) is 25.3 Å². The normalized spacial score (nSPS) is 12.6. The molecule has 0 atom stereocenters. The van der Waals surface area contributed by atoms with Crippen LogP contribution in [0.15, 0.2) is 24.3 Å². The van der Waals surface area contributed by atoms with Crippen LogP contribution in [0.1, 0.15) is 19.4 Å². The van der Waals surface area contributed by atoms with E-state index < -0.39 is 20.2 Å². The van der Waals surface area contributed by atoms with Gasteiger partial charge in [-0.25, -0.2) is 8.42 Å². The molecule has 1 aromatic carbocycles. The third-order valence-electron chi connectivity index (χ3n) is 2.73. The molecule has 0 bridgehead atoms. The predicted octanol–water partition coefficient (Wildman–Crippen LogP) is 0.734. The molecule has 0 spiro atoms. The van der Waals surface area contributed by atoms with Crippen LogP contribution in [-0.2, 0) is 26.8 Å². The zero-order valence-electron chi connectivity index (χ0n) is 12.3. The fraction of sp³-hybridized carbons (Fsp3) is 0.500. The third kappa shape index (κ3) is 6.00. The molecule has 0 aliphatic heterocycles. The highest BCUT2D eigenvalue weighted by Gasteiger charge is 2.17. The van der Waals surface area contributed by atoms with E-state index in [1.807, 2.05) is 0 Å². The summed E-state index contributed by atoms with van der Waals surface area (Å²) in [6, 6.07) is 6.57. The molecule has 0 aromatic heterocycles. The molecule has 0 saturated carbocycles. The molecular formula is C12H21N3O4S2. The molecule has 0 radical (unpaired) electrons. The van der Waals surface area contributed by atoms with E-state index in [0.29, 0.717) is 24.3 Å². The number of benzene rings is 1. The number of nitrogens with one attached hydrogen (secondary N) is 2. The minimum atomic E-state index is -3.52. The maximum Gasteiger partial charge on any atom is 0.279 e. The van der Waals surface area contributed by atoms with Crippen LogP contribution in [0.5, 0.6) is 0 Å². The number of hydrogen-bond acceptors (Lipinski definition) is 4. The Balaban J connectivity index is 2.79. The minimum absolute atomic E-state index is 0.0954. The standard InChI is InChI=1S/C12H21N3O4S2/c1-4-15(5-2)21(18,19)13-10-11-7-6-8-12(9-11)14-20(3,16)17/h6-9,13-14H,4-5,10H2,1-3H3. The lowest BCUT2D eigenvalue weighted by Gasteiger charge is -2.18. The van der Waals surface area contributed by atoms with Crippen LogP contribution >= 0.6 is 0 Å². The summed E-state index contributed by atoms with van der Waals surface area (Å²) in [5.41, 5.74) is 1.07. The Morgan fingerprint density at radius 3 is 2.24 bits per heavy atom. The SMILES string of the molecule is CCN(CC)S(=O)(=O)NCc1cccc(NS(C)(=O)=O)c1. The molecule has 0 aliphatic carbocycles. The summed E-state index contributed by atoms with van der Waals surface area (Å²) < 4.78 is 52.4. The second kappa shape index (κ2) is 7.21. The lowest BCUT2D eigenvalue weighted by atomic mass is 10.2. The Hall–Kier alpha value is -1.16. The number of hydrogen-bond donors (Lipinski definition) is 2. The molecule has 0 unspecified atom stereocenters. The first-order valence-electron chi connectivity index (χ1n) is 6.49. The van der Waals surface area contributed by atoms with Crippen LogP contribution in [0.2, 0.25) is 0 Å². The summed E-state index contributed by atoms with van der Waals surface area (Å²) in [5.74, 6) is 0. The first-order chi connectivity index (χ1) is 9.68. The number of nitrogens with zero attached hydrogens (tertiary/aromatic N) is 1. The van der Waals surface area contributed by atoms with Crippen molar-refractivity contribution in [2.24, 2.45) is 0 Å². The highest BCUT2D eigenvalue weighted by atomic mass is 32.2. The molecule has 7 nitrogen and oxygen atoms in total. The van der Waals surface area contributed by atoms with E-state index in [1.165, 1.54) is 4.31 Å². The van der Waals surface area contributed by atoms with Gasteiger partial charge < -0.3 is 0 Å². The predicted molar refractivity (Wildman–Crippen MR) is 83.6 cm³/mol. The van der Waals surface area contributed by atoms with Crippen LogP contribution in [0.25, 0.3) is 0 Å². The van der Waals surface area contributed by atoms with Gasteiger partial charge in [0.05, 0.1) is 6.26 Å². The van der Waals surface area contributed by atoms with Crippen molar-refractivity contribution in [1.82, 2.24) is 9.03 Å². The highest BCUT2D eigenvalue weighted by molar-refractivity contribution is 7.92. The van der Waals surface area contributed by atoms with Gasteiger partial charge in [-0.15, -0.1) is 0 Å². The molecule has 21 heavy (non-hydrogen) atoms. The molecule has 0 fully saturated rings. The van der Waals surface area contributed by atoms with Crippen molar-refractivity contribution in [2.75, 3.05) is 24.1 Å². The maximum atomic E-state index is 12.0. The molecule has 1 aromatic rings. The van der Waals surface area contributed by atoms with Gasteiger partial charge in [-0.3, -0.25) is 4.72 Å². The lowest BCUT2D eigenvalue weighted by molar-refractivity contribution is 0.434. The van der Waals surface area contributed by atoms with Crippen molar-refractivity contribution in [3.05, 3.63) is 29.8 Å². The van der Waals surface area contributed by atoms with Crippen molar-refractivity contribution in [2.45, 2.75) is 20.4 Å². The number of rotatable bonds is 8. The smallest absolute Gasteiger partial charge is 0.279 e. The van der Waals surface area contributed by atoms with E-state index in [4.69, 9.17) is 0 Å². The summed E-state index contributed by atoms with van der Waals surface area (Å²) in [4.78, 5) is 0. The van der Waals surface area contributed by atoms with Crippen molar-refractivity contribution >= 4 is 25.9 Å². The summed E-state index contributed by atoms with van der Waals surface area (Å²) >= 11 is 0. The summed E-state index contributed by atoms with van der Waals surface area (Å²) in [6.45, 7) is 4.40. The monoisotopic (exact) mass is 335 g/mol. The van der Waals surface area contributed by atoms with Gasteiger partial charge >= 0.3 is 0 Å². The summed E-state index contributed by atoms with van der Waals surface area (Å²) in [6.07, 6.45) is 1.06. The molecular weight excluding hydrogens is 314 g/mol. The molecule has 9 heteroatoms. The third-order valence-corrected chi connectivity index (χ3v) is 5.05. The van der Waals surface area contributed by atoms with E-state index in [-0.39, 0.29) is 6.54 Å². The van der Waals surface area contributed by atoms with E-state index >= 15 is 0 Å². The summed E-state index contributed by atoms with van der Waals surface area (Å²) in [7, 11) is -6.88. The van der Waals surface area contributed by atoms with Crippen molar-refractivity contribution < 1.29 is 16.8 Å². The second-order valence-corrected chi connectivity index (χ2v) is 7.99. The van der Waals surface area contributed by atoms with Crippen LogP contribution in [0.3, 0.4) is 0 Å². The van der Waals surface area contributed by atoms with Gasteiger partial charge in [0.25, 0.3) is 10.2 Å². The topological polar surface area (TPSA) is 95.6 Å². The Morgan fingerprint density at radius 2 is 1.71 bits per heavy atom. The van der Waals surface area contributed by atoms with Crippen molar-refractivity contribution in [3.8, 4) is 0 Å². The Labute approximate surface area is 126 Å². The maximum absolute atomic E-state index is 12.0. The average Bonchev–Trinajstić information content (AvgIpc) is 2.36. The average molecular weight is 335 g/mol. The molecule has 0 heterocycles. The molecule has 120 valence electrons. The van der Waals surface area contributed by atoms with Gasteiger partial charge in [0.15, 0.2) is 0 Å². The first-order valence-corrected chi connectivity index (χ1v) is 9.82. The molecule has 0 saturated heterocycles. The van der Waals surface area contributed by atoms with Gasteiger partial charge in [0.2, 0.25) is 10.0 Å². The van der Waals surface area contributed by atoms with Crippen LogP contribution in [-0.4, -0.2) is 40.5 Å². The fourth-order valence-corrected chi connectivity index (χ4v) is 3.55. The molecule has 0 aliphatic rings. The largest absolute Gasteiger partial charge is 0.284 e. The van der Waals surface area contributed by atoms with Gasteiger partial charge in [0.1, 0.15) is 0 Å². The van der Waals surface area contributed by atoms with E-state index in [9.17, 15) is 16.8 Å². The lowest BCUT2D eigenvalue weighted by Crippen LogP contribution is -2.40. The summed E-state index contributed by atoms with van der Waals surface area (Å²) in [5, 5.41) is 0. The Kier molecular flexibility index (Phi) is 6.14. The zero-order chi connectivity index (χ0) is 16.1. The van der Waals surface area contributed by atoms with E-state index in [1.54, 1.807) is 38.1 Å². The zero-order valence-corrected chi connectivity index (χ0v) is 14.0. The van der Waals surface area contributed by atoms with Gasteiger partial charge in [-0.1, -0.05) is 26.0 Å². The Bertz CT molecular complexity index is 667.